The molecule has 2 heterocycles. The van der Waals surface area contributed by atoms with E-state index < -0.39 is 17.8 Å². The lowest BCUT2D eigenvalue weighted by Gasteiger charge is -2.31. The van der Waals surface area contributed by atoms with Gasteiger partial charge in [0, 0.05) is 17.3 Å². The SMILES string of the molecule is COC(=O)C1=C(C(=O)OC)N(c2cc(F)c3[nH]ccc3c2)COC1. The van der Waals surface area contributed by atoms with E-state index in [1.165, 1.54) is 25.2 Å². The number of benzene rings is 1. The molecular weight excluding hydrogens is 319 g/mol. The van der Waals surface area contributed by atoms with Crippen LogP contribution in [0, 0.1) is 5.82 Å². The topological polar surface area (TPSA) is 80.9 Å². The van der Waals surface area contributed by atoms with Crippen molar-refractivity contribution in [3.63, 3.8) is 0 Å². The highest BCUT2D eigenvalue weighted by molar-refractivity contribution is 6.03. The van der Waals surface area contributed by atoms with E-state index in [0.717, 1.165) is 0 Å². The molecule has 2 aromatic rings. The van der Waals surface area contributed by atoms with Crippen molar-refractivity contribution in [1.82, 2.24) is 4.98 Å². The van der Waals surface area contributed by atoms with Gasteiger partial charge in [-0.25, -0.2) is 14.0 Å². The molecule has 0 amide bonds. The summed E-state index contributed by atoms with van der Waals surface area (Å²) in [6, 6.07) is 4.64. The summed E-state index contributed by atoms with van der Waals surface area (Å²) in [5.74, 6) is -1.92. The lowest BCUT2D eigenvalue weighted by atomic mass is 10.1. The zero-order chi connectivity index (χ0) is 17.3. The van der Waals surface area contributed by atoms with E-state index in [2.05, 4.69) is 4.98 Å². The summed E-state index contributed by atoms with van der Waals surface area (Å²) in [6.07, 6.45) is 1.61. The summed E-state index contributed by atoms with van der Waals surface area (Å²) in [5.41, 5.74) is 0.713. The largest absolute Gasteiger partial charge is 0.466 e. The Morgan fingerprint density at radius 2 is 2.00 bits per heavy atom. The minimum Gasteiger partial charge on any atom is -0.466 e. The average Bonchev–Trinajstić information content (AvgIpc) is 3.08. The monoisotopic (exact) mass is 334 g/mol. The third-order valence-electron chi connectivity index (χ3n) is 3.74. The van der Waals surface area contributed by atoms with E-state index >= 15 is 0 Å². The summed E-state index contributed by atoms with van der Waals surface area (Å²) in [7, 11) is 2.41. The van der Waals surface area contributed by atoms with Gasteiger partial charge in [0.15, 0.2) is 0 Å². The molecule has 1 N–H and O–H groups in total. The summed E-state index contributed by atoms with van der Waals surface area (Å²) >= 11 is 0. The van der Waals surface area contributed by atoms with Crippen LogP contribution in [0.1, 0.15) is 0 Å². The molecule has 1 aliphatic rings. The van der Waals surface area contributed by atoms with Crippen LogP contribution in [-0.4, -0.2) is 44.5 Å². The van der Waals surface area contributed by atoms with Crippen molar-refractivity contribution >= 4 is 28.5 Å². The van der Waals surface area contributed by atoms with E-state index in [4.69, 9.17) is 14.2 Å². The number of hydrogen-bond donors (Lipinski definition) is 1. The summed E-state index contributed by atoms with van der Waals surface area (Å²) in [5, 5.41) is 0.624. The maximum Gasteiger partial charge on any atom is 0.355 e. The summed E-state index contributed by atoms with van der Waals surface area (Å²) in [4.78, 5) is 28.3. The molecule has 0 saturated carbocycles. The molecule has 126 valence electrons. The number of esters is 2. The lowest BCUT2D eigenvalue weighted by molar-refractivity contribution is -0.140. The number of rotatable bonds is 3. The number of fused-ring (bicyclic) bond motifs is 1. The first kappa shape index (κ1) is 16.0. The number of ether oxygens (including phenoxy) is 3. The van der Waals surface area contributed by atoms with Gasteiger partial charge in [0.1, 0.15) is 18.2 Å². The molecule has 8 heteroatoms. The van der Waals surface area contributed by atoms with Crippen LogP contribution < -0.4 is 4.90 Å². The van der Waals surface area contributed by atoms with Gasteiger partial charge in [-0.3, -0.25) is 0 Å². The molecule has 24 heavy (non-hydrogen) atoms. The van der Waals surface area contributed by atoms with Crippen molar-refractivity contribution in [3.8, 4) is 0 Å². The Morgan fingerprint density at radius 1 is 1.25 bits per heavy atom. The molecule has 1 aromatic carbocycles. The fourth-order valence-electron chi connectivity index (χ4n) is 2.61. The molecule has 0 radical (unpaired) electrons. The van der Waals surface area contributed by atoms with Crippen molar-refractivity contribution in [2.75, 3.05) is 32.5 Å². The second-order valence-corrected chi connectivity index (χ2v) is 5.09. The molecule has 0 spiro atoms. The minimum atomic E-state index is -0.728. The van der Waals surface area contributed by atoms with Crippen molar-refractivity contribution in [2.45, 2.75) is 0 Å². The van der Waals surface area contributed by atoms with Crippen LogP contribution in [0.25, 0.3) is 10.9 Å². The van der Waals surface area contributed by atoms with Gasteiger partial charge < -0.3 is 24.1 Å². The molecule has 1 aromatic heterocycles. The number of H-pyrrole nitrogens is 1. The molecule has 1 aliphatic heterocycles. The standard InChI is InChI=1S/C16H15FN2O5/c1-22-15(20)11-7-24-8-19(14(11)16(21)23-2)10-5-9-3-4-18-13(9)12(17)6-10/h3-6,18H,7-8H2,1-2H3. The van der Waals surface area contributed by atoms with Crippen molar-refractivity contribution in [2.24, 2.45) is 0 Å². The van der Waals surface area contributed by atoms with Gasteiger partial charge in [-0.2, -0.15) is 0 Å². The van der Waals surface area contributed by atoms with E-state index in [0.29, 0.717) is 16.6 Å². The quantitative estimate of drug-likeness (QED) is 0.861. The number of anilines is 1. The van der Waals surface area contributed by atoms with Gasteiger partial charge in [-0.05, 0) is 18.2 Å². The number of aromatic nitrogens is 1. The number of halogens is 1. The van der Waals surface area contributed by atoms with Crippen molar-refractivity contribution in [1.29, 1.82) is 0 Å². The molecule has 0 aliphatic carbocycles. The normalized spacial score (nSPS) is 14.9. The Bertz CT molecular complexity index is 842. The smallest absolute Gasteiger partial charge is 0.355 e. The highest BCUT2D eigenvalue weighted by atomic mass is 19.1. The van der Waals surface area contributed by atoms with Crippen LogP contribution in [0.3, 0.4) is 0 Å². The van der Waals surface area contributed by atoms with Gasteiger partial charge in [-0.15, -0.1) is 0 Å². The Labute approximate surface area is 136 Å². The highest BCUT2D eigenvalue weighted by Crippen LogP contribution is 2.30. The van der Waals surface area contributed by atoms with Crippen molar-refractivity contribution in [3.05, 3.63) is 41.5 Å². The number of carbonyl (C=O) groups excluding carboxylic acids is 2. The molecule has 3 rings (SSSR count). The van der Waals surface area contributed by atoms with Crippen LogP contribution in [0.2, 0.25) is 0 Å². The summed E-state index contributed by atoms with van der Waals surface area (Å²) < 4.78 is 29.1. The maximum absolute atomic E-state index is 14.2. The van der Waals surface area contributed by atoms with E-state index in [1.54, 1.807) is 18.3 Å². The van der Waals surface area contributed by atoms with Gasteiger partial charge in [0.05, 0.1) is 31.9 Å². The maximum atomic E-state index is 14.2. The molecule has 0 bridgehead atoms. The van der Waals surface area contributed by atoms with Crippen LogP contribution in [0.4, 0.5) is 10.1 Å². The van der Waals surface area contributed by atoms with Crippen LogP contribution in [0.15, 0.2) is 35.7 Å². The van der Waals surface area contributed by atoms with E-state index in [9.17, 15) is 14.0 Å². The van der Waals surface area contributed by atoms with Gasteiger partial charge >= 0.3 is 11.9 Å². The number of carbonyl (C=O) groups is 2. The first-order valence-corrected chi connectivity index (χ1v) is 7.08. The van der Waals surface area contributed by atoms with Gasteiger partial charge in [0.2, 0.25) is 0 Å². The Kier molecular flexibility index (Phi) is 4.22. The number of hydrogen-bond acceptors (Lipinski definition) is 6. The summed E-state index contributed by atoms with van der Waals surface area (Å²) in [6.45, 7) is -0.122. The van der Waals surface area contributed by atoms with Crippen LogP contribution in [0.5, 0.6) is 0 Å². The predicted octanol–water partition coefficient (Wildman–Crippen LogP) is 1.70. The molecule has 0 fully saturated rings. The molecule has 7 nitrogen and oxygen atoms in total. The molecule has 0 unspecified atom stereocenters. The first-order chi connectivity index (χ1) is 11.6. The second kappa shape index (κ2) is 6.32. The Hall–Kier alpha value is -2.87. The fourth-order valence-corrected chi connectivity index (χ4v) is 2.61. The average molecular weight is 334 g/mol. The highest BCUT2D eigenvalue weighted by Gasteiger charge is 2.32. The number of aromatic amines is 1. The number of nitrogens with one attached hydrogen (secondary N) is 1. The van der Waals surface area contributed by atoms with Gasteiger partial charge in [0.25, 0.3) is 0 Å². The van der Waals surface area contributed by atoms with E-state index in [1.807, 2.05) is 0 Å². The zero-order valence-corrected chi connectivity index (χ0v) is 13.1. The third-order valence-corrected chi connectivity index (χ3v) is 3.74. The Morgan fingerprint density at radius 3 is 2.71 bits per heavy atom. The fraction of sp³-hybridized carbons (Fsp3) is 0.250. The van der Waals surface area contributed by atoms with Crippen LogP contribution in [-0.2, 0) is 23.8 Å². The number of nitrogens with zero attached hydrogens (tertiary/aromatic N) is 1. The van der Waals surface area contributed by atoms with Crippen molar-refractivity contribution < 1.29 is 28.2 Å². The molecular formula is C16H15FN2O5. The second-order valence-electron chi connectivity index (χ2n) is 5.09. The van der Waals surface area contributed by atoms with E-state index in [-0.39, 0.29) is 24.6 Å². The predicted molar refractivity (Wildman–Crippen MR) is 82.6 cm³/mol. The van der Waals surface area contributed by atoms with Gasteiger partial charge in [-0.1, -0.05) is 0 Å². The Balaban J connectivity index is 2.15. The zero-order valence-electron chi connectivity index (χ0n) is 13.1. The minimum absolute atomic E-state index is 0.0187. The number of methoxy groups -OCH3 is 2. The third kappa shape index (κ3) is 2.61. The van der Waals surface area contributed by atoms with Crippen LogP contribution >= 0.6 is 0 Å². The lowest BCUT2D eigenvalue weighted by Crippen LogP contribution is -2.38. The molecule has 0 atom stereocenters. The molecule has 0 saturated heterocycles. The first-order valence-electron chi connectivity index (χ1n) is 7.08.